The van der Waals surface area contributed by atoms with Crippen LogP contribution in [0.25, 0.3) is 0 Å². The van der Waals surface area contributed by atoms with Crippen LogP contribution in [-0.4, -0.2) is 24.3 Å². The number of carbonyl (C=O) groups excluding carboxylic acids is 3. The molecule has 6 heteroatoms. The zero-order valence-corrected chi connectivity index (χ0v) is 10.0. The van der Waals surface area contributed by atoms with E-state index in [0.29, 0.717) is 5.69 Å². The predicted molar refractivity (Wildman–Crippen MR) is 67.0 cm³/mol. The summed E-state index contributed by atoms with van der Waals surface area (Å²) >= 11 is 0. The lowest BCUT2D eigenvalue weighted by atomic mass is 10.2. The SMILES string of the molecule is CC(=O)CCNC(=O)NC(=O)c1ccccc1N. The molecule has 0 radical (unpaired) electrons. The van der Waals surface area contributed by atoms with Crippen LogP contribution >= 0.6 is 0 Å². The maximum Gasteiger partial charge on any atom is 0.321 e. The monoisotopic (exact) mass is 249 g/mol. The first-order chi connectivity index (χ1) is 8.50. The molecule has 96 valence electrons. The molecule has 1 aromatic carbocycles. The zero-order chi connectivity index (χ0) is 13.5. The minimum absolute atomic E-state index is 0.0334. The van der Waals surface area contributed by atoms with Crippen LogP contribution in [0, 0.1) is 0 Å². The summed E-state index contributed by atoms with van der Waals surface area (Å²) in [7, 11) is 0. The van der Waals surface area contributed by atoms with Gasteiger partial charge in [0.05, 0.1) is 5.56 Å². The average molecular weight is 249 g/mol. The van der Waals surface area contributed by atoms with Crippen LogP contribution in [0.1, 0.15) is 23.7 Å². The molecule has 0 heterocycles. The Morgan fingerprint density at radius 2 is 1.89 bits per heavy atom. The molecule has 0 saturated heterocycles. The van der Waals surface area contributed by atoms with Crippen LogP contribution in [0.5, 0.6) is 0 Å². The minimum Gasteiger partial charge on any atom is -0.398 e. The first-order valence-electron chi connectivity index (χ1n) is 5.44. The van der Waals surface area contributed by atoms with E-state index in [2.05, 4.69) is 10.6 Å². The van der Waals surface area contributed by atoms with Gasteiger partial charge in [0, 0.05) is 18.7 Å². The van der Waals surface area contributed by atoms with Crippen LogP contribution in [-0.2, 0) is 4.79 Å². The number of nitrogen functional groups attached to an aromatic ring is 1. The summed E-state index contributed by atoms with van der Waals surface area (Å²) in [5.74, 6) is -0.609. The molecule has 0 aliphatic rings. The molecular formula is C12H15N3O3. The molecule has 0 saturated carbocycles. The third-order valence-corrected chi connectivity index (χ3v) is 2.20. The maximum atomic E-state index is 11.7. The highest BCUT2D eigenvalue weighted by Crippen LogP contribution is 2.09. The molecule has 1 aromatic rings. The Balaban J connectivity index is 2.48. The number of Topliss-reactive ketones (excluding diaryl/α,β-unsaturated/α-hetero) is 1. The fraction of sp³-hybridized carbons (Fsp3) is 0.250. The lowest BCUT2D eigenvalue weighted by Crippen LogP contribution is -2.40. The number of hydrogen-bond acceptors (Lipinski definition) is 4. The second kappa shape index (κ2) is 6.39. The van der Waals surface area contributed by atoms with E-state index >= 15 is 0 Å². The Kier molecular flexibility index (Phi) is 4.86. The zero-order valence-electron chi connectivity index (χ0n) is 10.0. The molecule has 0 fully saturated rings. The third-order valence-electron chi connectivity index (χ3n) is 2.20. The molecule has 0 aliphatic carbocycles. The molecule has 4 N–H and O–H groups in total. The van der Waals surface area contributed by atoms with E-state index in [1.54, 1.807) is 18.2 Å². The Hall–Kier alpha value is -2.37. The van der Waals surface area contributed by atoms with Gasteiger partial charge >= 0.3 is 6.03 Å². The van der Waals surface area contributed by atoms with E-state index in [-0.39, 0.29) is 24.3 Å². The molecular weight excluding hydrogens is 234 g/mol. The number of hydrogen-bond donors (Lipinski definition) is 3. The van der Waals surface area contributed by atoms with E-state index < -0.39 is 11.9 Å². The highest BCUT2D eigenvalue weighted by atomic mass is 16.2. The van der Waals surface area contributed by atoms with Gasteiger partial charge in [-0.1, -0.05) is 12.1 Å². The van der Waals surface area contributed by atoms with Gasteiger partial charge in [0.2, 0.25) is 0 Å². The summed E-state index contributed by atoms with van der Waals surface area (Å²) in [5.41, 5.74) is 6.13. The molecule has 6 nitrogen and oxygen atoms in total. The van der Waals surface area contributed by atoms with Gasteiger partial charge in [-0.05, 0) is 19.1 Å². The number of benzene rings is 1. The van der Waals surface area contributed by atoms with Crippen molar-refractivity contribution in [3.8, 4) is 0 Å². The van der Waals surface area contributed by atoms with Gasteiger partial charge in [0.15, 0.2) is 0 Å². The van der Waals surface area contributed by atoms with E-state index in [0.717, 1.165) is 0 Å². The molecule has 0 unspecified atom stereocenters. The minimum atomic E-state index is -0.649. The lowest BCUT2D eigenvalue weighted by molar-refractivity contribution is -0.116. The molecule has 0 spiro atoms. The highest BCUT2D eigenvalue weighted by molar-refractivity contribution is 6.07. The quantitative estimate of drug-likeness (QED) is 0.683. The second-order valence-corrected chi connectivity index (χ2v) is 3.75. The number of urea groups is 1. The van der Waals surface area contributed by atoms with Crippen molar-refractivity contribution in [2.45, 2.75) is 13.3 Å². The van der Waals surface area contributed by atoms with Gasteiger partial charge in [0.1, 0.15) is 5.78 Å². The van der Waals surface area contributed by atoms with Crippen molar-refractivity contribution in [1.29, 1.82) is 0 Å². The number of nitrogens with two attached hydrogens (primary N) is 1. The average Bonchev–Trinajstić information content (AvgIpc) is 2.28. The molecule has 3 amide bonds. The Labute approximate surface area is 105 Å². The largest absolute Gasteiger partial charge is 0.398 e. The number of amides is 3. The van der Waals surface area contributed by atoms with E-state index in [1.807, 2.05) is 0 Å². The standard InChI is InChI=1S/C12H15N3O3/c1-8(16)6-7-14-12(18)15-11(17)9-4-2-3-5-10(9)13/h2-5H,6-7,13H2,1H3,(H2,14,15,17,18). The summed E-state index contributed by atoms with van der Waals surface area (Å²) in [5, 5.41) is 4.53. The van der Waals surface area contributed by atoms with Gasteiger partial charge in [-0.15, -0.1) is 0 Å². The van der Waals surface area contributed by atoms with Crippen molar-refractivity contribution < 1.29 is 14.4 Å². The summed E-state index contributed by atoms with van der Waals surface area (Å²) < 4.78 is 0. The van der Waals surface area contributed by atoms with Gasteiger partial charge in [-0.2, -0.15) is 0 Å². The van der Waals surface area contributed by atoms with Crippen molar-refractivity contribution in [1.82, 2.24) is 10.6 Å². The summed E-state index contributed by atoms with van der Waals surface area (Å²) in [6, 6.07) is 5.79. The first kappa shape index (κ1) is 13.7. The lowest BCUT2D eigenvalue weighted by Gasteiger charge is -2.07. The number of rotatable bonds is 4. The van der Waals surface area contributed by atoms with E-state index in [1.165, 1.54) is 13.0 Å². The first-order valence-corrected chi connectivity index (χ1v) is 5.44. The van der Waals surface area contributed by atoms with Gasteiger partial charge in [-0.3, -0.25) is 14.9 Å². The fourth-order valence-corrected chi connectivity index (χ4v) is 1.27. The van der Waals surface area contributed by atoms with Crippen molar-refractivity contribution in [3.63, 3.8) is 0 Å². The molecule has 0 atom stereocenters. The van der Waals surface area contributed by atoms with Crippen molar-refractivity contribution in [3.05, 3.63) is 29.8 Å². The van der Waals surface area contributed by atoms with Crippen LogP contribution < -0.4 is 16.4 Å². The van der Waals surface area contributed by atoms with Crippen LogP contribution in [0.15, 0.2) is 24.3 Å². The fourth-order valence-electron chi connectivity index (χ4n) is 1.27. The molecule has 18 heavy (non-hydrogen) atoms. The van der Waals surface area contributed by atoms with Gasteiger partial charge in [-0.25, -0.2) is 4.79 Å². The second-order valence-electron chi connectivity index (χ2n) is 3.75. The summed E-state index contributed by atoms with van der Waals surface area (Å²) in [4.78, 5) is 33.6. The maximum absolute atomic E-state index is 11.7. The highest BCUT2D eigenvalue weighted by Gasteiger charge is 2.12. The van der Waals surface area contributed by atoms with Gasteiger partial charge < -0.3 is 11.1 Å². The van der Waals surface area contributed by atoms with Crippen molar-refractivity contribution in [2.24, 2.45) is 0 Å². The van der Waals surface area contributed by atoms with Crippen LogP contribution in [0.4, 0.5) is 10.5 Å². The number of anilines is 1. The van der Waals surface area contributed by atoms with Crippen LogP contribution in [0.2, 0.25) is 0 Å². The molecule has 0 aromatic heterocycles. The normalized spacial score (nSPS) is 9.61. The molecule has 0 bridgehead atoms. The number of carbonyl (C=O) groups is 3. The molecule has 0 aliphatic heterocycles. The Bertz CT molecular complexity index is 471. The van der Waals surface area contributed by atoms with Gasteiger partial charge in [0.25, 0.3) is 5.91 Å². The number of para-hydroxylation sites is 1. The topological polar surface area (TPSA) is 101 Å². The van der Waals surface area contributed by atoms with Crippen LogP contribution in [0.3, 0.4) is 0 Å². The molecule has 1 rings (SSSR count). The van der Waals surface area contributed by atoms with Crippen molar-refractivity contribution in [2.75, 3.05) is 12.3 Å². The van der Waals surface area contributed by atoms with Crippen molar-refractivity contribution >= 4 is 23.4 Å². The van der Waals surface area contributed by atoms with E-state index in [4.69, 9.17) is 5.73 Å². The smallest absolute Gasteiger partial charge is 0.321 e. The third kappa shape index (κ3) is 4.25. The number of nitrogens with one attached hydrogen (secondary N) is 2. The Morgan fingerprint density at radius 1 is 1.22 bits per heavy atom. The Morgan fingerprint density at radius 3 is 2.50 bits per heavy atom. The summed E-state index contributed by atoms with van der Waals surface area (Å²) in [6.07, 6.45) is 0.231. The summed E-state index contributed by atoms with van der Waals surface area (Å²) in [6.45, 7) is 1.62. The predicted octanol–water partition coefficient (Wildman–Crippen LogP) is 0.687. The van der Waals surface area contributed by atoms with E-state index in [9.17, 15) is 14.4 Å². The number of ketones is 1. The number of imide groups is 1.